The fraction of sp³-hybridized carbons (Fsp3) is 0.650. The summed E-state index contributed by atoms with van der Waals surface area (Å²) in [5.74, 6) is 0.517. The summed E-state index contributed by atoms with van der Waals surface area (Å²) < 4.78 is 0. The van der Waals surface area contributed by atoms with Gasteiger partial charge < -0.3 is 14.7 Å². The van der Waals surface area contributed by atoms with Crippen LogP contribution in [0.2, 0.25) is 0 Å². The molecule has 0 spiro atoms. The highest BCUT2D eigenvalue weighted by Gasteiger charge is 2.34. The number of nitrogens with zero attached hydrogens (tertiary/aromatic N) is 4. The van der Waals surface area contributed by atoms with Gasteiger partial charge in [-0.2, -0.15) is 0 Å². The van der Waals surface area contributed by atoms with Crippen LogP contribution in [-0.2, 0) is 9.59 Å². The molecule has 0 unspecified atom stereocenters. The minimum absolute atomic E-state index is 0.0616. The first-order valence-corrected chi connectivity index (χ1v) is 9.59. The Kier molecular flexibility index (Phi) is 5.49. The van der Waals surface area contributed by atoms with Crippen LogP contribution < -0.4 is 4.90 Å². The molecule has 0 radical (unpaired) electrons. The number of pyridine rings is 1. The van der Waals surface area contributed by atoms with Crippen molar-refractivity contribution in [1.29, 1.82) is 0 Å². The predicted octanol–water partition coefficient (Wildman–Crippen LogP) is 2.01. The zero-order valence-corrected chi connectivity index (χ0v) is 16.1. The summed E-state index contributed by atoms with van der Waals surface area (Å²) in [5.41, 5.74) is 0.821. The third-order valence-electron chi connectivity index (χ3n) is 5.39. The van der Waals surface area contributed by atoms with Gasteiger partial charge in [0, 0.05) is 68.7 Å². The van der Waals surface area contributed by atoms with E-state index in [1.165, 1.54) is 5.69 Å². The second-order valence-corrected chi connectivity index (χ2v) is 8.33. The Labute approximate surface area is 156 Å². The Bertz CT molecular complexity index is 625. The van der Waals surface area contributed by atoms with Crippen molar-refractivity contribution in [3.63, 3.8) is 0 Å². The summed E-state index contributed by atoms with van der Waals surface area (Å²) in [5, 5.41) is 0. The van der Waals surface area contributed by atoms with Gasteiger partial charge in [0.2, 0.25) is 11.8 Å². The topological polar surface area (TPSA) is 56.8 Å². The molecule has 2 fully saturated rings. The third kappa shape index (κ3) is 4.17. The van der Waals surface area contributed by atoms with Gasteiger partial charge in [-0.3, -0.25) is 14.6 Å². The number of carbonyl (C=O) groups excluding carboxylic acids is 2. The Balaban J connectivity index is 1.48. The molecule has 2 saturated heterocycles. The van der Waals surface area contributed by atoms with Gasteiger partial charge in [-0.05, 0) is 25.0 Å². The zero-order chi connectivity index (χ0) is 18.7. The average molecular weight is 358 g/mol. The van der Waals surface area contributed by atoms with E-state index in [0.29, 0.717) is 13.1 Å². The first-order valence-electron chi connectivity index (χ1n) is 9.59. The first kappa shape index (κ1) is 18.7. The highest BCUT2D eigenvalue weighted by Crippen LogP contribution is 2.25. The van der Waals surface area contributed by atoms with Gasteiger partial charge >= 0.3 is 0 Å². The van der Waals surface area contributed by atoms with E-state index in [1.54, 1.807) is 12.4 Å². The summed E-state index contributed by atoms with van der Waals surface area (Å²) in [4.78, 5) is 35.5. The smallest absolute Gasteiger partial charge is 0.227 e. The number of amides is 2. The molecule has 0 aromatic carbocycles. The van der Waals surface area contributed by atoms with Crippen LogP contribution in [0.15, 0.2) is 24.5 Å². The molecule has 2 amide bonds. The second-order valence-electron chi connectivity index (χ2n) is 8.33. The molecular weight excluding hydrogens is 328 g/mol. The molecule has 0 aliphatic carbocycles. The van der Waals surface area contributed by atoms with Crippen molar-refractivity contribution in [3.8, 4) is 0 Å². The highest BCUT2D eigenvalue weighted by atomic mass is 16.2. The molecule has 142 valence electrons. The van der Waals surface area contributed by atoms with E-state index in [4.69, 9.17) is 0 Å². The van der Waals surface area contributed by atoms with E-state index in [9.17, 15) is 9.59 Å². The molecule has 3 heterocycles. The summed E-state index contributed by atoms with van der Waals surface area (Å²) in [7, 11) is 0. The molecule has 0 saturated carbocycles. The van der Waals surface area contributed by atoms with E-state index in [-0.39, 0.29) is 23.1 Å². The molecule has 2 aliphatic rings. The summed E-state index contributed by atoms with van der Waals surface area (Å²) in [6.07, 6.45) is 5.18. The van der Waals surface area contributed by atoms with Crippen molar-refractivity contribution in [2.24, 2.45) is 11.3 Å². The number of hydrogen-bond acceptors (Lipinski definition) is 4. The summed E-state index contributed by atoms with van der Waals surface area (Å²) >= 11 is 0. The van der Waals surface area contributed by atoms with Gasteiger partial charge in [-0.25, -0.2) is 0 Å². The van der Waals surface area contributed by atoms with E-state index in [1.807, 2.05) is 42.7 Å². The first-order chi connectivity index (χ1) is 12.4. The fourth-order valence-electron chi connectivity index (χ4n) is 3.80. The Morgan fingerprint density at radius 1 is 0.923 bits per heavy atom. The van der Waals surface area contributed by atoms with Crippen molar-refractivity contribution >= 4 is 17.5 Å². The molecule has 3 rings (SSSR count). The second kappa shape index (κ2) is 7.64. The van der Waals surface area contributed by atoms with Crippen LogP contribution >= 0.6 is 0 Å². The molecule has 26 heavy (non-hydrogen) atoms. The Morgan fingerprint density at radius 3 is 2.04 bits per heavy atom. The molecular formula is C20H30N4O2. The maximum Gasteiger partial charge on any atom is 0.227 e. The fourth-order valence-corrected chi connectivity index (χ4v) is 3.80. The van der Waals surface area contributed by atoms with E-state index >= 15 is 0 Å². The van der Waals surface area contributed by atoms with Crippen molar-refractivity contribution in [3.05, 3.63) is 24.5 Å². The van der Waals surface area contributed by atoms with Crippen molar-refractivity contribution in [2.45, 2.75) is 33.6 Å². The van der Waals surface area contributed by atoms with Crippen LogP contribution in [0, 0.1) is 11.3 Å². The number of piperidine rings is 1. The number of hydrogen-bond donors (Lipinski definition) is 0. The van der Waals surface area contributed by atoms with Crippen LogP contribution in [0.25, 0.3) is 0 Å². The number of aromatic nitrogens is 1. The lowest BCUT2D eigenvalue weighted by molar-refractivity contribution is -0.145. The predicted molar refractivity (Wildman–Crippen MR) is 102 cm³/mol. The number of rotatable bonds is 2. The molecule has 2 aliphatic heterocycles. The number of likely N-dealkylation sites (tertiary alicyclic amines) is 1. The minimum Gasteiger partial charge on any atom is -0.368 e. The van der Waals surface area contributed by atoms with Gasteiger partial charge in [-0.1, -0.05) is 20.8 Å². The molecule has 6 heteroatoms. The summed E-state index contributed by atoms with van der Waals surface area (Å²) in [6.45, 7) is 10.5. The van der Waals surface area contributed by atoms with Gasteiger partial charge in [0.15, 0.2) is 0 Å². The maximum absolute atomic E-state index is 12.9. The lowest BCUT2D eigenvalue weighted by atomic mass is 9.90. The Hall–Kier alpha value is -2.11. The van der Waals surface area contributed by atoms with Crippen LogP contribution in [0.3, 0.4) is 0 Å². The largest absolute Gasteiger partial charge is 0.368 e. The normalized spacial score (nSPS) is 19.6. The van der Waals surface area contributed by atoms with Crippen LogP contribution in [0.1, 0.15) is 33.6 Å². The standard InChI is InChI=1S/C20H30N4O2/c1-20(2,3)19(26)24-10-6-16(7-11-24)18(25)23-14-12-22(13-15-23)17-4-8-21-9-5-17/h4-5,8-9,16H,6-7,10-15H2,1-3H3. The van der Waals surface area contributed by atoms with Crippen LogP contribution in [0.5, 0.6) is 0 Å². The quantitative estimate of drug-likeness (QED) is 0.812. The lowest BCUT2D eigenvalue weighted by Crippen LogP contribution is -2.52. The number of anilines is 1. The monoisotopic (exact) mass is 358 g/mol. The lowest BCUT2D eigenvalue weighted by Gasteiger charge is -2.40. The van der Waals surface area contributed by atoms with E-state index in [2.05, 4.69) is 9.88 Å². The van der Waals surface area contributed by atoms with Gasteiger partial charge in [0.1, 0.15) is 0 Å². The van der Waals surface area contributed by atoms with Crippen LogP contribution in [0.4, 0.5) is 5.69 Å². The molecule has 6 nitrogen and oxygen atoms in total. The van der Waals surface area contributed by atoms with Crippen molar-refractivity contribution in [2.75, 3.05) is 44.2 Å². The van der Waals surface area contributed by atoms with Gasteiger partial charge in [0.05, 0.1) is 0 Å². The highest BCUT2D eigenvalue weighted by molar-refractivity contribution is 5.83. The maximum atomic E-state index is 12.9. The van der Waals surface area contributed by atoms with E-state index < -0.39 is 0 Å². The minimum atomic E-state index is -0.347. The summed E-state index contributed by atoms with van der Waals surface area (Å²) in [6, 6.07) is 4.03. The number of carbonyl (C=O) groups is 2. The average Bonchev–Trinajstić information content (AvgIpc) is 2.67. The zero-order valence-electron chi connectivity index (χ0n) is 16.1. The SMILES string of the molecule is CC(C)(C)C(=O)N1CCC(C(=O)N2CCN(c3ccncc3)CC2)CC1. The third-order valence-corrected chi connectivity index (χ3v) is 5.39. The Morgan fingerprint density at radius 2 is 1.50 bits per heavy atom. The molecule has 0 bridgehead atoms. The number of piperazine rings is 1. The van der Waals surface area contributed by atoms with E-state index in [0.717, 1.165) is 39.0 Å². The van der Waals surface area contributed by atoms with Crippen molar-refractivity contribution in [1.82, 2.24) is 14.8 Å². The van der Waals surface area contributed by atoms with Crippen LogP contribution in [-0.4, -0.2) is 65.9 Å². The molecule has 1 aromatic heterocycles. The molecule has 0 N–H and O–H groups in total. The van der Waals surface area contributed by atoms with Gasteiger partial charge in [0.25, 0.3) is 0 Å². The van der Waals surface area contributed by atoms with Gasteiger partial charge in [-0.15, -0.1) is 0 Å². The van der Waals surface area contributed by atoms with Crippen molar-refractivity contribution < 1.29 is 9.59 Å². The molecule has 1 aromatic rings. The molecule has 0 atom stereocenters.